The summed E-state index contributed by atoms with van der Waals surface area (Å²) < 4.78 is 24.7. The van der Waals surface area contributed by atoms with Crippen molar-refractivity contribution in [3.05, 3.63) is 23.9 Å². The summed E-state index contributed by atoms with van der Waals surface area (Å²) in [4.78, 5) is 5.35. The summed E-state index contributed by atoms with van der Waals surface area (Å²) in [6.07, 6.45) is -0.960. The highest BCUT2D eigenvalue weighted by Gasteiger charge is 2.16. The molecule has 1 aromatic heterocycles. The summed E-state index contributed by atoms with van der Waals surface area (Å²) in [5.74, 6) is 0.612. The second-order valence-electron chi connectivity index (χ2n) is 3.18. The Hall–Kier alpha value is -0.940. The average Bonchev–Trinajstić information content (AvgIpc) is 2.28. The van der Waals surface area contributed by atoms with Crippen molar-refractivity contribution in [2.75, 3.05) is 24.6 Å². The Labute approximate surface area is 97.7 Å². The summed E-state index contributed by atoms with van der Waals surface area (Å²) in [6.45, 7) is -0.544. The molecule has 0 fully saturated rings. The molecular formula is C10H13ClF2N2O. The lowest BCUT2D eigenvalue weighted by Gasteiger charge is -2.24. The highest BCUT2D eigenvalue weighted by molar-refractivity contribution is 6.17. The zero-order chi connectivity index (χ0) is 12.0. The number of pyridine rings is 1. The first-order chi connectivity index (χ1) is 7.69. The van der Waals surface area contributed by atoms with E-state index in [0.717, 1.165) is 0 Å². The number of aliphatic hydroxyl groups excluding tert-OH is 1. The Morgan fingerprint density at radius 2 is 2.25 bits per heavy atom. The fourth-order valence-electron chi connectivity index (χ4n) is 1.39. The minimum atomic E-state index is -2.48. The van der Waals surface area contributed by atoms with E-state index in [-0.39, 0.29) is 19.0 Å². The van der Waals surface area contributed by atoms with Gasteiger partial charge in [0.15, 0.2) is 0 Å². The topological polar surface area (TPSA) is 36.4 Å². The van der Waals surface area contributed by atoms with Crippen LogP contribution in [0.15, 0.2) is 18.3 Å². The molecule has 1 aromatic rings. The maximum atomic E-state index is 12.3. The van der Waals surface area contributed by atoms with Crippen LogP contribution < -0.4 is 4.90 Å². The Balaban J connectivity index is 2.90. The van der Waals surface area contributed by atoms with Crippen molar-refractivity contribution in [2.45, 2.75) is 12.3 Å². The molecule has 0 saturated carbocycles. The van der Waals surface area contributed by atoms with Gasteiger partial charge in [-0.25, -0.2) is 13.8 Å². The van der Waals surface area contributed by atoms with Crippen LogP contribution in [0.1, 0.15) is 5.56 Å². The predicted octanol–water partition coefficient (Wildman–Crippen LogP) is 1.88. The number of anilines is 1. The van der Waals surface area contributed by atoms with Crippen LogP contribution in [0, 0.1) is 0 Å². The SMILES string of the molecule is OCCN(CC(F)F)c1ncccc1CCl. The lowest BCUT2D eigenvalue weighted by atomic mass is 10.2. The molecule has 0 bridgehead atoms. The molecule has 0 unspecified atom stereocenters. The molecule has 0 aromatic carbocycles. The molecule has 0 aliphatic heterocycles. The molecule has 0 aliphatic rings. The number of aliphatic hydroxyl groups is 1. The van der Waals surface area contributed by atoms with Gasteiger partial charge in [-0.3, -0.25) is 0 Å². The molecular weight excluding hydrogens is 238 g/mol. The fourth-order valence-corrected chi connectivity index (χ4v) is 1.60. The molecule has 3 nitrogen and oxygen atoms in total. The summed E-state index contributed by atoms with van der Waals surface area (Å²) in [5, 5.41) is 8.83. The van der Waals surface area contributed by atoms with Crippen molar-refractivity contribution in [3.8, 4) is 0 Å². The molecule has 90 valence electrons. The van der Waals surface area contributed by atoms with Crippen LogP contribution in [0.2, 0.25) is 0 Å². The van der Waals surface area contributed by atoms with E-state index in [1.54, 1.807) is 12.1 Å². The lowest BCUT2D eigenvalue weighted by Crippen LogP contribution is -2.33. The van der Waals surface area contributed by atoms with Gasteiger partial charge in [0.25, 0.3) is 6.43 Å². The molecule has 0 spiro atoms. The Bertz CT molecular complexity index is 325. The molecule has 0 saturated heterocycles. The van der Waals surface area contributed by atoms with Crippen LogP contribution in [0.25, 0.3) is 0 Å². The molecule has 0 amide bonds. The first-order valence-corrected chi connectivity index (χ1v) is 5.36. The second kappa shape index (κ2) is 6.60. The third-order valence-electron chi connectivity index (χ3n) is 2.04. The molecule has 16 heavy (non-hydrogen) atoms. The highest BCUT2D eigenvalue weighted by Crippen LogP contribution is 2.19. The Morgan fingerprint density at radius 3 is 2.81 bits per heavy atom. The monoisotopic (exact) mass is 250 g/mol. The lowest BCUT2D eigenvalue weighted by molar-refractivity contribution is 0.152. The van der Waals surface area contributed by atoms with Gasteiger partial charge in [0.2, 0.25) is 0 Å². The normalized spacial score (nSPS) is 10.8. The van der Waals surface area contributed by atoms with Crippen LogP contribution >= 0.6 is 11.6 Å². The third kappa shape index (κ3) is 3.57. The molecule has 1 heterocycles. The van der Waals surface area contributed by atoms with Crippen LogP contribution in [0.3, 0.4) is 0 Å². The van der Waals surface area contributed by atoms with E-state index >= 15 is 0 Å². The summed E-state index contributed by atoms with van der Waals surface area (Å²) in [5.41, 5.74) is 0.679. The third-order valence-corrected chi connectivity index (χ3v) is 2.33. The van der Waals surface area contributed by atoms with Crippen molar-refractivity contribution in [1.82, 2.24) is 4.98 Å². The number of halogens is 3. The van der Waals surface area contributed by atoms with Gasteiger partial charge in [0.1, 0.15) is 5.82 Å². The van der Waals surface area contributed by atoms with Crippen molar-refractivity contribution in [2.24, 2.45) is 0 Å². The standard InChI is InChI=1S/C10H13ClF2N2O/c11-6-8-2-1-3-14-10(8)15(4-5-16)7-9(12)13/h1-3,9,16H,4-7H2. The first kappa shape index (κ1) is 13.1. The van der Waals surface area contributed by atoms with Crippen LogP contribution in [0.4, 0.5) is 14.6 Å². The van der Waals surface area contributed by atoms with E-state index in [9.17, 15) is 8.78 Å². The zero-order valence-corrected chi connectivity index (χ0v) is 9.37. The van der Waals surface area contributed by atoms with Crippen LogP contribution in [0.5, 0.6) is 0 Å². The number of hydrogen-bond donors (Lipinski definition) is 1. The van der Waals surface area contributed by atoms with E-state index in [1.807, 2.05) is 0 Å². The largest absolute Gasteiger partial charge is 0.395 e. The fraction of sp³-hybridized carbons (Fsp3) is 0.500. The van der Waals surface area contributed by atoms with E-state index in [0.29, 0.717) is 11.4 Å². The molecule has 1 N–H and O–H groups in total. The highest BCUT2D eigenvalue weighted by atomic mass is 35.5. The maximum Gasteiger partial charge on any atom is 0.255 e. The number of alkyl halides is 3. The van der Waals surface area contributed by atoms with Crippen molar-refractivity contribution in [3.63, 3.8) is 0 Å². The second-order valence-corrected chi connectivity index (χ2v) is 3.45. The number of aromatic nitrogens is 1. The number of hydrogen-bond acceptors (Lipinski definition) is 3. The van der Waals surface area contributed by atoms with Gasteiger partial charge in [-0.2, -0.15) is 0 Å². The van der Waals surface area contributed by atoms with Crippen molar-refractivity contribution in [1.29, 1.82) is 0 Å². The van der Waals surface area contributed by atoms with Gasteiger partial charge < -0.3 is 10.0 Å². The molecule has 6 heteroatoms. The van der Waals surface area contributed by atoms with E-state index in [4.69, 9.17) is 16.7 Å². The van der Waals surface area contributed by atoms with Gasteiger partial charge >= 0.3 is 0 Å². The molecule has 1 rings (SSSR count). The quantitative estimate of drug-likeness (QED) is 0.784. The minimum Gasteiger partial charge on any atom is -0.395 e. The van der Waals surface area contributed by atoms with Gasteiger partial charge in [0, 0.05) is 18.3 Å². The summed E-state index contributed by atoms with van der Waals surface area (Å²) in [6, 6.07) is 3.42. The summed E-state index contributed by atoms with van der Waals surface area (Å²) >= 11 is 5.70. The number of rotatable bonds is 6. The van der Waals surface area contributed by atoms with Gasteiger partial charge in [-0.1, -0.05) is 6.07 Å². The van der Waals surface area contributed by atoms with E-state index in [2.05, 4.69) is 4.98 Å². The molecule has 0 aliphatic carbocycles. The smallest absolute Gasteiger partial charge is 0.255 e. The number of nitrogens with zero attached hydrogens (tertiary/aromatic N) is 2. The first-order valence-electron chi connectivity index (χ1n) is 4.82. The van der Waals surface area contributed by atoms with Crippen molar-refractivity contribution < 1.29 is 13.9 Å². The van der Waals surface area contributed by atoms with Gasteiger partial charge in [-0.05, 0) is 6.07 Å². The average molecular weight is 251 g/mol. The Morgan fingerprint density at radius 1 is 1.50 bits per heavy atom. The Kier molecular flexibility index (Phi) is 5.42. The van der Waals surface area contributed by atoms with E-state index < -0.39 is 13.0 Å². The molecule has 0 atom stereocenters. The minimum absolute atomic E-state index is 0.116. The van der Waals surface area contributed by atoms with Gasteiger partial charge in [0.05, 0.1) is 19.0 Å². The molecule has 0 radical (unpaired) electrons. The van der Waals surface area contributed by atoms with Crippen molar-refractivity contribution >= 4 is 17.4 Å². The summed E-state index contributed by atoms with van der Waals surface area (Å²) in [7, 11) is 0. The predicted molar refractivity (Wildman–Crippen MR) is 59.1 cm³/mol. The van der Waals surface area contributed by atoms with E-state index in [1.165, 1.54) is 11.1 Å². The van der Waals surface area contributed by atoms with Crippen LogP contribution in [-0.4, -0.2) is 36.2 Å². The maximum absolute atomic E-state index is 12.3. The zero-order valence-electron chi connectivity index (χ0n) is 8.61. The van der Waals surface area contributed by atoms with Gasteiger partial charge in [-0.15, -0.1) is 11.6 Å². The van der Waals surface area contributed by atoms with Crippen LogP contribution in [-0.2, 0) is 5.88 Å².